The molecule has 1 saturated heterocycles. The zero-order chi connectivity index (χ0) is 18.4. The highest BCUT2D eigenvalue weighted by molar-refractivity contribution is 5.76. The van der Waals surface area contributed by atoms with E-state index < -0.39 is 0 Å². The van der Waals surface area contributed by atoms with Gasteiger partial charge in [-0.05, 0) is 69.2 Å². The number of methoxy groups -OCH3 is 1. The van der Waals surface area contributed by atoms with Crippen LogP contribution >= 0.6 is 0 Å². The van der Waals surface area contributed by atoms with E-state index in [9.17, 15) is 4.79 Å². The van der Waals surface area contributed by atoms with Crippen LogP contribution in [-0.2, 0) is 11.3 Å². The van der Waals surface area contributed by atoms with Crippen molar-refractivity contribution in [1.29, 1.82) is 0 Å². The van der Waals surface area contributed by atoms with Gasteiger partial charge in [0.15, 0.2) is 11.5 Å². The molecule has 1 aliphatic heterocycles. The van der Waals surface area contributed by atoms with E-state index in [-0.39, 0.29) is 5.91 Å². The van der Waals surface area contributed by atoms with Gasteiger partial charge < -0.3 is 14.8 Å². The molecule has 0 bridgehead atoms. The summed E-state index contributed by atoms with van der Waals surface area (Å²) in [6, 6.07) is 6.67. The first-order chi connectivity index (χ1) is 12.7. The number of benzene rings is 1. The molecule has 1 heterocycles. The summed E-state index contributed by atoms with van der Waals surface area (Å²) in [6.45, 7) is 5.75. The molecule has 144 valence electrons. The molecule has 1 atom stereocenters. The lowest BCUT2D eigenvalue weighted by Crippen LogP contribution is -2.35. The van der Waals surface area contributed by atoms with Crippen molar-refractivity contribution in [2.75, 3.05) is 26.8 Å². The van der Waals surface area contributed by atoms with Gasteiger partial charge in [0.25, 0.3) is 0 Å². The van der Waals surface area contributed by atoms with Crippen molar-refractivity contribution in [3.63, 3.8) is 0 Å². The molecule has 2 fully saturated rings. The Hall–Kier alpha value is -1.75. The molecule has 26 heavy (non-hydrogen) atoms. The third-order valence-corrected chi connectivity index (χ3v) is 5.26. The predicted molar refractivity (Wildman–Crippen MR) is 103 cm³/mol. The van der Waals surface area contributed by atoms with Gasteiger partial charge in [-0.3, -0.25) is 9.69 Å². The summed E-state index contributed by atoms with van der Waals surface area (Å²) in [4.78, 5) is 14.4. The smallest absolute Gasteiger partial charge is 0.220 e. The van der Waals surface area contributed by atoms with Crippen LogP contribution in [0.15, 0.2) is 18.2 Å². The van der Waals surface area contributed by atoms with Crippen molar-refractivity contribution in [3.8, 4) is 11.5 Å². The first kappa shape index (κ1) is 19.0. The molecule has 0 aromatic heterocycles. The number of piperidine rings is 1. The van der Waals surface area contributed by atoms with Crippen LogP contribution in [0.5, 0.6) is 11.5 Å². The van der Waals surface area contributed by atoms with Gasteiger partial charge in [-0.25, -0.2) is 0 Å². The van der Waals surface area contributed by atoms with E-state index in [1.807, 2.05) is 13.0 Å². The number of rotatable bonds is 9. The fourth-order valence-corrected chi connectivity index (χ4v) is 3.74. The van der Waals surface area contributed by atoms with Crippen molar-refractivity contribution >= 4 is 5.91 Å². The third kappa shape index (κ3) is 5.63. The predicted octanol–water partition coefficient (Wildman–Crippen LogP) is 3.36. The topological polar surface area (TPSA) is 50.8 Å². The third-order valence-electron chi connectivity index (χ3n) is 5.26. The monoisotopic (exact) mass is 360 g/mol. The van der Waals surface area contributed by atoms with Gasteiger partial charge in [-0.15, -0.1) is 0 Å². The molecule has 5 nitrogen and oxygen atoms in total. The molecule has 1 unspecified atom stereocenters. The fraction of sp³-hybridized carbons (Fsp3) is 0.667. The minimum Gasteiger partial charge on any atom is -0.493 e. The van der Waals surface area contributed by atoms with Gasteiger partial charge in [-0.2, -0.15) is 0 Å². The van der Waals surface area contributed by atoms with Crippen molar-refractivity contribution in [2.24, 2.45) is 5.92 Å². The zero-order valence-corrected chi connectivity index (χ0v) is 16.1. The SMILES string of the molecule is CCOc1cc(CN2CCCC(CCC(=O)NC3CC3)C2)ccc1OC. The lowest BCUT2D eigenvalue weighted by molar-refractivity contribution is -0.121. The number of hydrogen-bond donors (Lipinski definition) is 1. The molecule has 5 heteroatoms. The van der Waals surface area contributed by atoms with E-state index in [1.165, 1.54) is 18.4 Å². The van der Waals surface area contributed by atoms with Crippen LogP contribution in [-0.4, -0.2) is 43.7 Å². The Bertz CT molecular complexity index is 601. The molecule has 1 aliphatic carbocycles. The molecule has 0 spiro atoms. The van der Waals surface area contributed by atoms with Gasteiger partial charge in [0.1, 0.15) is 0 Å². The summed E-state index contributed by atoms with van der Waals surface area (Å²) in [5.74, 6) is 2.46. The average Bonchev–Trinajstić information content (AvgIpc) is 3.45. The molecular weight excluding hydrogens is 328 g/mol. The summed E-state index contributed by atoms with van der Waals surface area (Å²) in [5, 5.41) is 3.10. The molecule has 1 amide bonds. The number of likely N-dealkylation sites (tertiary alicyclic amines) is 1. The second kappa shape index (κ2) is 9.26. The second-order valence-electron chi connectivity index (χ2n) is 7.54. The Morgan fingerprint density at radius 1 is 1.27 bits per heavy atom. The summed E-state index contributed by atoms with van der Waals surface area (Å²) in [6.07, 6.45) is 6.44. The Balaban J connectivity index is 1.49. The standard InChI is InChI=1S/C21H32N2O3/c1-3-26-20-13-17(6-10-19(20)25-2)15-23-12-4-5-16(14-23)7-11-21(24)22-18-8-9-18/h6,10,13,16,18H,3-5,7-9,11-12,14-15H2,1-2H3,(H,22,24). The maximum Gasteiger partial charge on any atom is 0.220 e. The van der Waals surface area contributed by atoms with Crippen molar-refractivity contribution in [2.45, 2.75) is 58.0 Å². The van der Waals surface area contributed by atoms with Gasteiger partial charge in [0, 0.05) is 25.6 Å². The normalized spacial score (nSPS) is 20.6. The Labute approximate surface area is 157 Å². The number of carbonyl (C=O) groups is 1. The number of nitrogens with one attached hydrogen (secondary N) is 1. The van der Waals surface area contributed by atoms with Crippen LogP contribution in [0.1, 0.15) is 51.0 Å². The molecule has 2 aliphatic rings. The molecular formula is C21H32N2O3. The van der Waals surface area contributed by atoms with Crippen LogP contribution in [0.3, 0.4) is 0 Å². The Morgan fingerprint density at radius 2 is 2.12 bits per heavy atom. The van der Waals surface area contributed by atoms with E-state index in [4.69, 9.17) is 9.47 Å². The van der Waals surface area contributed by atoms with Crippen LogP contribution in [0, 0.1) is 5.92 Å². The van der Waals surface area contributed by atoms with Crippen LogP contribution in [0.25, 0.3) is 0 Å². The van der Waals surface area contributed by atoms with Gasteiger partial charge in [0.2, 0.25) is 5.91 Å². The van der Waals surface area contributed by atoms with Gasteiger partial charge in [-0.1, -0.05) is 6.07 Å². The molecule has 1 N–H and O–H groups in total. The fourth-order valence-electron chi connectivity index (χ4n) is 3.74. The van der Waals surface area contributed by atoms with Crippen LogP contribution in [0.2, 0.25) is 0 Å². The Kier molecular flexibility index (Phi) is 6.78. The lowest BCUT2D eigenvalue weighted by atomic mass is 9.93. The number of amides is 1. The lowest BCUT2D eigenvalue weighted by Gasteiger charge is -2.32. The number of carbonyl (C=O) groups excluding carboxylic acids is 1. The van der Waals surface area contributed by atoms with E-state index in [1.54, 1.807) is 7.11 Å². The maximum atomic E-state index is 11.9. The summed E-state index contributed by atoms with van der Waals surface area (Å²) in [5.41, 5.74) is 1.25. The van der Waals surface area contributed by atoms with Crippen LogP contribution < -0.4 is 14.8 Å². The second-order valence-corrected chi connectivity index (χ2v) is 7.54. The van der Waals surface area contributed by atoms with Gasteiger partial charge in [0.05, 0.1) is 13.7 Å². The van der Waals surface area contributed by atoms with Crippen LogP contribution in [0.4, 0.5) is 0 Å². The minimum absolute atomic E-state index is 0.237. The zero-order valence-electron chi connectivity index (χ0n) is 16.1. The molecule has 3 rings (SSSR count). The average molecular weight is 360 g/mol. The van der Waals surface area contributed by atoms with Crippen molar-refractivity contribution in [1.82, 2.24) is 10.2 Å². The maximum absolute atomic E-state index is 11.9. The molecule has 1 saturated carbocycles. The number of nitrogens with zero attached hydrogens (tertiary/aromatic N) is 1. The molecule has 1 aromatic rings. The highest BCUT2D eigenvalue weighted by Crippen LogP contribution is 2.29. The van der Waals surface area contributed by atoms with Crippen molar-refractivity contribution in [3.05, 3.63) is 23.8 Å². The number of hydrogen-bond acceptors (Lipinski definition) is 4. The highest BCUT2D eigenvalue weighted by Gasteiger charge is 2.25. The van der Waals surface area contributed by atoms with Crippen molar-refractivity contribution < 1.29 is 14.3 Å². The minimum atomic E-state index is 0.237. The Morgan fingerprint density at radius 3 is 2.85 bits per heavy atom. The molecule has 1 aromatic carbocycles. The largest absolute Gasteiger partial charge is 0.493 e. The highest BCUT2D eigenvalue weighted by atomic mass is 16.5. The first-order valence-electron chi connectivity index (χ1n) is 9.99. The summed E-state index contributed by atoms with van der Waals surface area (Å²) < 4.78 is 11.1. The van der Waals surface area contributed by atoms with E-state index in [0.29, 0.717) is 25.0 Å². The summed E-state index contributed by atoms with van der Waals surface area (Å²) in [7, 11) is 1.67. The van der Waals surface area contributed by atoms with E-state index in [0.717, 1.165) is 50.4 Å². The van der Waals surface area contributed by atoms with E-state index >= 15 is 0 Å². The number of ether oxygens (including phenoxy) is 2. The van der Waals surface area contributed by atoms with E-state index in [2.05, 4.69) is 22.3 Å². The molecule has 0 radical (unpaired) electrons. The quantitative estimate of drug-likeness (QED) is 0.734. The van der Waals surface area contributed by atoms with Gasteiger partial charge >= 0.3 is 0 Å². The summed E-state index contributed by atoms with van der Waals surface area (Å²) >= 11 is 0. The first-order valence-corrected chi connectivity index (χ1v) is 9.99.